The van der Waals surface area contributed by atoms with Crippen LogP contribution in [0.15, 0.2) is 9.72 Å². The van der Waals surface area contributed by atoms with Crippen LogP contribution < -0.4 is 5.32 Å². The SMILES string of the molecule is CCN(CC)CCNCCSc1nc(C)cs1. The summed E-state index contributed by atoms with van der Waals surface area (Å²) in [6, 6.07) is 0. The molecule has 0 aliphatic heterocycles. The van der Waals surface area contributed by atoms with E-state index in [0.29, 0.717) is 0 Å². The maximum atomic E-state index is 4.43. The van der Waals surface area contributed by atoms with E-state index in [1.165, 1.54) is 4.34 Å². The number of rotatable bonds is 9. The van der Waals surface area contributed by atoms with Gasteiger partial charge in [-0.15, -0.1) is 11.3 Å². The fourth-order valence-electron chi connectivity index (χ4n) is 1.51. The Balaban J connectivity index is 1.97. The second-order valence-electron chi connectivity index (χ2n) is 3.88. The fraction of sp³-hybridized carbons (Fsp3) is 0.750. The molecule has 98 valence electrons. The molecule has 0 radical (unpaired) electrons. The van der Waals surface area contributed by atoms with Gasteiger partial charge in [0.25, 0.3) is 0 Å². The maximum absolute atomic E-state index is 4.43. The van der Waals surface area contributed by atoms with E-state index in [4.69, 9.17) is 0 Å². The van der Waals surface area contributed by atoms with Crippen LogP contribution in [-0.4, -0.2) is 48.4 Å². The van der Waals surface area contributed by atoms with Gasteiger partial charge in [0.05, 0.1) is 0 Å². The first-order valence-corrected chi connectivity index (χ1v) is 8.10. The van der Waals surface area contributed by atoms with Crippen molar-refractivity contribution in [3.8, 4) is 0 Å². The molecule has 1 aromatic heterocycles. The van der Waals surface area contributed by atoms with Crippen LogP contribution >= 0.6 is 23.1 Å². The molecule has 0 amide bonds. The second kappa shape index (κ2) is 8.91. The molecule has 0 fully saturated rings. The molecule has 0 bridgehead atoms. The highest BCUT2D eigenvalue weighted by atomic mass is 32.2. The highest BCUT2D eigenvalue weighted by Gasteiger charge is 2.00. The molecule has 1 rings (SSSR count). The van der Waals surface area contributed by atoms with Gasteiger partial charge in [0.2, 0.25) is 0 Å². The largest absolute Gasteiger partial charge is 0.315 e. The van der Waals surface area contributed by atoms with Gasteiger partial charge in [-0.05, 0) is 20.0 Å². The van der Waals surface area contributed by atoms with Gasteiger partial charge in [-0.3, -0.25) is 0 Å². The Kier molecular flexibility index (Phi) is 7.84. The predicted octanol–water partition coefficient (Wildman–Crippen LogP) is 2.48. The molecule has 1 N–H and O–H groups in total. The highest BCUT2D eigenvalue weighted by molar-refractivity contribution is 8.01. The van der Waals surface area contributed by atoms with Gasteiger partial charge in [-0.1, -0.05) is 25.6 Å². The summed E-state index contributed by atoms with van der Waals surface area (Å²) in [5, 5.41) is 5.58. The molecule has 0 saturated carbocycles. The van der Waals surface area contributed by atoms with E-state index in [1.54, 1.807) is 11.3 Å². The number of hydrogen-bond acceptors (Lipinski definition) is 5. The first kappa shape index (κ1) is 15.0. The lowest BCUT2D eigenvalue weighted by molar-refractivity contribution is 0.303. The highest BCUT2D eigenvalue weighted by Crippen LogP contribution is 2.21. The standard InChI is InChI=1S/C12H23N3S2/c1-4-15(5-2)8-6-13-7-9-16-12-14-11(3)10-17-12/h10,13H,4-9H2,1-3H3. The number of aryl methyl sites for hydroxylation is 1. The summed E-state index contributed by atoms with van der Waals surface area (Å²) < 4.78 is 1.19. The molecule has 0 aliphatic carbocycles. The minimum Gasteiger partial charge on any atom is -0.315 e. The van der Waals surface area contributed by atoms with E-state index in [0.717, 1.165) is 44.2 Å². The molecule has 1 heterocycles. The van der Waals surface area contributed by atoms with Crippen molar-refractivity contribution in [2.45, 2.75) is 25.1 Å². The monoisotopic (exact) mass is 273 g/mol. The molecular formula is C12H23N3S2. The molecule has 17 heavy (non-hydrogen) atoms. The fourth-order valence-corrected chi connectivity index (χ4v) is 3.33. The third kappa shape index (κ3) is 6.41. The van der Waals surface area contributed by atoms with E-state index >= 15 is 0 Å². The zero-order valence-electron chi connectivity index (χ0n) is 11.0. The van der Waals surface area contributed by atoms with Crippen molar-refractivity contribution in [2.24, 2.45) is 0 Å². The topological polar surface area (TPSA) is 28.2 Å². The van der Waals surface area contributed by atoms with Crippen molar-refractivity contribution in [3.63, 3.8) is 0 Å². The van der Waals surface area contributed by atoms with Gasteiger partial charge in [0.15, 0.2) is 0 Å². The van der Waals surface area contributed by atoms with Gasteiger partial charge >= 0.3 is 0 Å². The number of likely N-dealkylation sites (N-methyl/N-ethyl adjacent to an activating group) is 1. The molecule has 0 aromatic carbocycles. The van der Waals surface area contributed by atoms with Crippen LogP contribution in [0.4, 0.5) is 0 Å². The Bertz CT molecular complexity index is 298. The third-order valence-corrected chi connectivity index (χ3v) is 4.74. The zero-order chi connectivity index (χ0) is 12.5. The third-order valence-electron chi connectivity index (χ3n) is 2.60. The van der Waals surface area contributed by atoms with Gasteiger partial charge < -0.3 is 10.2 Å². The zero-order valence-corrected chi connectivity index (χ0v) is 12.7. The van der Waals surface area contributed by atoms with Gasteiger partial charge in [-0.25, -0.2) is 4.98 Å². The molecule has 5 heteroatoms. The molecule has 0 aliphatic rings. The summed E-state index contributed by atoms with van der Waals surface area (Å²) in [7, 11) is 0. The minimum absolute atomic E-state index is 1.06. The van der Waals surface area contributed by atoms with Crippen LogP contribution in [0.1, 0.15) is 19.5 Å². The van der Waals surface area contributed by atoms with E-state index < -0.39 is 0 Å². The average molecular weight is 273 g/mol. The lowest BCUT2D eigenvalue weighted by Gasteiger charge is -2.17. The summed E-state index contributed by atoms with van der Waals surface area (Å²) in [4.78, 5) is 6.86. The molecule has 3 nitrogen and oxygen atoms in total. The Hall–Kier alpha value is -0.100. The summed E-state index contributed by atoms with van der Waals surface area (Å²) in [5.41, 5.74) is 1.13. The number of aromatic nitrogens is 1. The summed E-state index contributed by atoms with van der Waals surface area (Å²) in [5.74, 6) is 1.10. The van der Waals surface area contributed by atoms with Crippen molar-refractivity contribution >= 4 is 23.1 Å². The second-order valence-corrected chi connectivity index (χ2v) is 6.08. The molecule has 0 atom stereocenters. The number of hydrogen-bond donors (Lipinski definition) is 1. The Morgan fingerprint density at radius 3 is 2.71 bits per heavy atom. The van der Waals surface area contributed by atoms with Crippen LogP contribution in [0, 0.1) is 6.92 Å². The van der Waals surface area contributed by atoms with Crippen molar-refractivity contribution < 1.29 is 0 Å². The first-order valence-electron chi connectivity index (χ1n) is 6.24. The first-order chi connectivity index (χ1) is 8.26. The summed E-state index contributed by atoms with van der Waals surface area (Å²) in [6.07, 6.45) is 0. The van der Waals surface area contributed by atoms with Crippen molar-refractivity contribution in [3.05, 3.63) is 11.1 Å². The Morgan fingerprint density at radius 1 is 1.35 bits per heavy atom. The normalized spacial score (nSPS) is 11.3. The van der Waals surface area contributed by atoms with E-state index in [1.807, 2.05) is 18.7 Å². The number of thioether (sulfide) groups is 1. The van der Waals surface area contributed by atoms with Crippen LogP contribution in [0.3, 0.4) is 0 Å². The van der Waals surface area contributed by atoms with E-state index in [9.17, 15) is 0 Å². The van der Waals surface area contributed by atoms with E-state index in [-0.39, 0.29) is 0 Å². The average Bonchev–Trinajstić information content (AvgIpc) is 2.74. The van der Waals surface area contributed by atoms with E-state index in [2.05, 4.69) is 34.4 Å². The molecular weight excluding hydrogens is 250 g/mol. The van der Waals surface area contributed by atoms with Crippen molar-refractivity contribution in [2.75, 3.05) is 38.5 Å². The summed E-state index contributed by atoms with van der Waals surface area (Å²) in [6.45, 7) is 12.0. The van der Waals surface area contributed by atoms with Crippen molar-refractivity contribution in [1.82, 2.24) is 15.2 Å². The van der Waals surface area contributed by atoms with Crippen LogP contribution in [-0.2, 0) is 0 Å². The quantitative estimate of drug-likeness (QED) is 0.553. The Morgan fingerprint density at radius 2 is 2.12 bits per heavy atom. The van der Waals surface area contributed by atoms with Gasteiger partial charge in [0, 0.05) is 36.5 Å². The Labute approximate surface area is 113 Å². The smallest absolute Gasteiger partial charge is 0.150 e. The molecule has 0 spiro atoms. The lowest BCUT2D eigenvalue weighted by Crippen LogP contribution is -2.32. The minimum atomic E-state index is 1.06. The van der Waals surface area contributed by atoms with Crippen LogP contribution in [0.5, 0.6) is 0 Å². The number of nitrogens with one attached hydrogen (secondary N) is 1. The summed E-state index contributed by atoms with van der Waals surface area (Å²) >= 11 is 3.58. The van der Waals surface area contributed by atoms with Crippen LogP contribution in [0.25, 0.3) is 0 Å². The maximum Gasteiger partial charge on any atom is 0.150 e. The van der Waals surface area contributed by atoms with Gasteiger partial charge in [0.1, 0.15) is 4.34 Å². The predicted molar refractivity (Wildman–Crippen MR) is 78.2 cm³/mol. The van der Waals surface area contributed by atoms with Crippen LogP contribution in [0.2, 0.25) is 0 Å². The molecule has 0 saturated heterocycles. The lowest BCUT2D eigenvalue weighted by atomic mass is 10.4. The van der Waals surface area contributed by atoms with Crippen molar-refractivity contribution in [1.29, 1.82) is 0 Å². The molecule has 1 aromatic rings. The number of nitrogens with zero attached hydrogens (tertiary/aromatic N) is 2. The number of thiazole rings is 1. The molecule has 0 unspecified atom stereocenters. The van der Waals surface area contributed by atoms with Gasteiger partial charge in [-0.2, -0.15) is 0 Å².